The fourth-order valence-corrected chi connectivity index (χ4v) is 6.63. The Morgan fingerprint density at radius 1 is 1.00 bits per heavy atom. The number of carbonyl (C=O) groups excluding carboxylic acids is 2. The van der Waals surface area contributed by atoms with Crippen LogP contribution in [-0.2, 0) is 26.2 Å². The van der Waals surface area contributed by atoms with Crippen molar-refractivity contribution in [2.75, 3.05) is 18.0 Å². The lowest BCUT2D eigenvalue weighted by molar-refractivity contribution is -0.139. The Morgan fingerprint density at radius 2 is 1.68 bits per heavy atom. The Morgan fingerprint density at radius 3 is 2.27 bits per heavy atom. The lowest BCUT2D eigenvalue weighted by atomic mass is 10.1. The number of nitrogens with zero attached hydrogens (tertiary/aromatic N) is 2. The minimum Gasteiger partial charge on any atom is -0.496 e. The highest BCUT2D eigenvalue weighted by Gasteiger charge is 2.33. The van der Waals surface area contributed by atoms with E-state index in [0.29, 0.717) is 15.9 Å². The highest BCUT2D eigenvalue weighted by atomic mass is 79.9. The molecule has 3 aromatic carbocycles. The van der Waals surface area contributed by atoms with E-state index in [0.717, 1.165) is 26.3 Å². The van der Waals surface area contributed by atoms with Gasteiger partial charge in [-0.15, -0.1) is 0 Å². The molecule has 11 heteroatoms. The number of halogens is 2. The molecule has 0 saturated heterocycles. The molecule has 2 amide bonds. The van der Waals surface area contributed by atoms with Gasteiger partial charge in [0.15, 0.2) is 0 Å². The van der Waals surface area contributed by atoms with Gasteiger partial charge in [-0.2, -0.15) is 0 Å². The maximum Gasteiger partial charge on any atom is 0.264 e. The number of amides is 2. The SMILES string of the molecule is CC[C@H](C)NC(=O)[C@H](C)N(Cc1cccc(Br)c1)C(=O)CN(c1ccc(C)cc1)S(=O)(=O)c1ccc(OC)c(Br)c1. The van der Waals surface area contributed by atoms with Crippen LogP contribution < -0.4 is 14.4 Å². The molecule has 3 aromatic rings. The zero-order valence-electron chi connectivity index (χ0n) is 23.7. The van der Waals surface area contributed by atoms with Crippen LogP contribution in [0.15, 0.2) is 80.6 Å². The summed E-state index contributed by atoms with van der Waals surface area (Å²) in [7, 11) is -2.71. The second kappa shape index (κ2) is 14.3. The number of methoxy groups -OCH3 is 1. The Bertz CT molecular complexity index is 1480. The normalized spacial score (nSPS) is 12.8. The monoisotopic (exact) mass is 707 g/mol. The molecule has 8 nitrogen and oxygen atoms in total. The predicted octanol–water partition coefficient (Wildman–Crippen LogP) is 6.06. The molecule has 3 rings (SSSR count). The molecule has 0 saturated carbocycles. The molecule has 0 aliphatic rings. The summed E-state index contributed by atoms with van der Waals surface area (Å²) in [5.74, 6) is -0.358. The average Bonchev–Trinajstić information content (AvgIpc) is 2.94. The second-order valence-corrected chi connectivity index (χ2v) is 13.4. The molecule has 0 aromatic heterocycles. The molecular formula is C30H35Br2N3O5S. The van der Waals surface area contributed by atoms with Crippen LogP contribution in [0.1, 0.15) is 38.3 Å². The van der Waals surface area contributed by atoms with E-state index in [2.05, 4.69) is 37.2 Å². The quantitative estimate of drug-likeness (QED) is 0.247. The molecule has 0 unspecified atom stereocenters. The topological polar surface area (TPSA) is 96.0 Å². The van der Waals surface area contributed by atoms with Crippen molar-refractivity contribution in [3.8, 4) is 5.75 Å². The van der Waals surface area contributed by atoms with Crippen LogP contribution in [0.2, 0.25) is 0 Å². The van der Waals surface area contributed by atoms with Gasteiger partial charge in [0, 0.05) is 17.1 Å². The van der Waals surface area contributed by atoms with Gasteiger partial charge in [-0.05, 0) is 91.1 Å². The summed E-state index contributed by atoms with van der Waals surface area (Å²) in [4.78, 5) is 28.6. The van der Waals surface area contributed by atoms with Crippen molar-refractivity contribution >= 4 is 59.4 Å². The number of hydrogen-bond acceptors (Lipinski definition) is 5. The first-order valence-electron chi connectivity index (χ1n) is 13.1. The molecule has 0 heterocycles. The Labute approximate surface area is 259 Å². The van der Waals surface area contributed by atoms with Crippen molar-refractivity contribution in [1.82, 2.24) is 10.2 Å². The lowest BCUT2D eigenvalue weighted by Crippen LogP contribution is -2.52. The van der Waals surface area contributed by atoms with Crippen molar-refractivity contribution in [1.29, 1.82) is 0 Å². The Kier molecular flexibility index (Phi) is 11.4. The summed E-state index contributed by atoms with van der Waals surface area (Å²) >= 11 is 6.82. The highest BCUT2D eigenvalue weighted by Crippen LogP contribution is 2.31. The molecule has 0 radical (unpaired) electrons. The van der Waals surface area contributed by atoms with E-state index in [4.69, 9.17) is 4.74 Å². The van der Waals surface area contributed by atoms with Gasteiger partial charge in [-0.1, -0.05) is 52.7 Å². The number of carbonyl (C=O) groups is 2. The van der Waals surface area contributed by atoms with Crippen molar-refractivity contribution in [2.45, 2.75) is 57.6 Å². The molecule has 41 heavy (non-hydrogen) atoms. The molecule has 2 atom stereocenters. The largest absolute Gasteiger partial charge is 0.496 e. The molecule has 220 valence electrons. The maximum atomic E-state index is 14.0. The van der Waals surface area contributed by atoms with Crippen LogP contribution in [0.4, 0.5) is 5.69 Å². The van der Waals surface area contributed by atoms with E-state index in [1.165, 1.54) is 24.1 Å². The van der Waals surface area contributed by atoms with Gasteiger partial charge < -0.3 is 15.0 Å². The number of anilines is 1. The molecule has 0 fully saturated rings. The van der Waals surface area contributed by atoms with E-state index >= 15 is 0 Å². The van der Waals surface area contributed by atoms with Gasteiger partial charge in [0.25, 0.3) is 10.0 Å². The van der Waals surface area contributed by atoms with Crippen LogP contribution in [-0.4, -0.2) is 50.9 Å². The fraction of sp³-hybridized carbons (Fsp3) is 0.333. The molecular weight excluding hydrogens is 674 g/mol. The number of nitrogens with one attached hydrogen (secondary N) is 1. The number of sulfonamides is 1. The van der Waals surface area contributed by atoms with E-state index in [-0.39, 0.29) is 23.4 Å². The van der Waals surface area contributed by atoms with E-state index in [9.17, 15) is 18.0 Å². The second-order valence-electron chi connectivity index (χ2n) is 9.79. The van der Waals surface area contributed by atoms with Crippen molar-refractivity contribution in [3.05, 3.63) is 86.8 Å². The van der Waals surface area contributed by atoms with E-state index in [1.54, 1.807) is 37.3 Å². The molecule has 1 N–H and O–H groups in total. The summed E-state index contributed by atoms with van der Waals surface area (Å²) in [5, 5.41) is 2.94. The lowest BCUT2D eigenvalue weighted by Gasteiger charge is -2.32. The zero-order valence-corrected chi connectivity index (χ0v) is 27.7. The van der Waals surface area contributed by atoms with Crippen LogP contribution in [0.5, 0.6) is 5.75 Å². The maximum absolute atomic E-state index is 14.0. The number of aryl methyl sites for hydroxylation is 1. The Hall–Kier alpha value is -2.89. The summed E-state index contributed by atoms with van der Waals surface area (Å²) in [6.45, 7) is 7.00. The molecule has 0 spiro atoms. The van der Waals surface area contributed by atoms with Crippen LogP contribution in [0, 0.1) is 6.92 Å². The first kappa shape index (κ1) is 32.6. The molecule has 0 aliphatic heterocycles. The van der Waals surface area contributed by atoms with Gasteiger partial charge in [-0.3, -0.25) is 13.9 Å². The van der Waals surface area contributed by atoms with Gasteiger partial charge in [-0.25, -0.2) is 8.42 Å². The third kappa shape index (κ3) is 8.33. The first-order valence-corrected chi connectivity index (χ1v) is 16.2. The summed E-state index contributed by atoms with van der Waals surface area (Å²) in [6, 6.07) is 17.8. The minimum absolute atomic E-state index is 0.0142. The fourth-order valence-electron chi connectivity index (χ4n) is 4.05. The zero-order chi connectivity index (χ0) is 30.3. The number of rotatable bonds is 12. The van der Waals surface area contributed by atoms with Crippen LogP contribution in [0.25, 0.3) is 0 Å². The highest BCUT2D eigenvalue weighted by molar-refractivity contribution is 9.10. The van der Waals surface area contributed by atoms with Gasteiger partial charge >= 0.3 is 0 Å². The first-order chi connectivity index (χ1) is 19.4. The summed E-state index contributed by atoms with van der Waals surface area (Å²) in [5.41, 5.74) is 2.06. The van der Waals surface area contributed by atoms with Gasteiger partial charge in [0.05, 0.1) is 22.2 Å². The average molecular weight is 710 g/mol. The molecule has 0 aliphatic carbocycles. The van der Waals surface area contributed by atoms with E-state index < -0.39 is 28.5 Å². The predicted molar refractivity (Wildman–Crippen MR) is 168 cm³/mol. The third-order valence-corrected chi connectivity index (χ3v) is 9.61. The van der Waals surface area contributed by atoms with Gasteiger partial charge in [0.1, 0.15) is 18.3 Å². The smallest absolute Gasteiger partial charge is 0.264 e. The number of hydrogen-bond donors (Lipinski definition) is 1. The summed E-state index contributed by atoms with van der Waals surface area (Å²) < 4.78 is 35.7. The van der Waals surface area contributed by atoms with Crippen LogP contribution in [0.3, 0.4) is 0 Å². The third-order valence-electron chi connectivity index (χ3n) is 6.72. The van der Waals surface area contributed by atoms with Crippen molar-refractivity contribution < 1.29 is 22.7 Å². The number of ether oxygens (including phenoxy) is 1. The van der Waals surface area contributed by atoms with Gasteiger partial charge in [0.2, 0.25) is 11.8 Å². The van der Waals surface area contributed by atoms with E-state index in [1.807, 2.05) is 45.0 Å². The standard InChI is InChI=1S/C30H35Br2N3O5S/c1-6-21(3)33-30(37)22(4)34(18-23-8-7-9-24(31)16-23)29(36)19-35(25-12-10-20(2)11-13-25)41(38,39)26-14-15-28(40-5)27(32)17-26/h7-17,21-22H,6,18-19H2,1-5H3,(H,33,37)/t21-,22-/m0/s1. The Balaban J connectivity index is 2.05. The van der Waals surface area contributed by atoms with Crippen LogP contribution >= 0.6 is 31.9 Å². The number of benzene rings is 3. The summed E-state index contributed by atoms with van der Waals surface area (Å²) in [6.07, 6.45) is 0.731. The van der Waals surface area contributed by atoms with Crippen molar-refractivity contribution in [3.63, 3.8) is 0 Å². The minimum atomic E-state index is -4.20. The molecule has 0 bridgehead atoms. The van der Waals surface area contributed by atoms with Crippen molar-refractivity contribution in [2.24, 2.45) is 0 Å².